The molecule has 1 unspecified atom stereocenters. The Bertz CT molecular complexity index is 649. The highest BCUT2D eigenvalue weighted by Crippen LogP contribution is 2.15. The van der Waals surface area contributed by atoms with Crippen molar-refractivity contribution in [3.8, 4) is 0 Å². The molecule has 1 aliphatic heterocycles. The maximum Gasteiger partial charge on any atom is 0.323 e. The molecule has 0 aromatic heterocycles. The summed E-state index contributed by atoms with van der Waals surface area (Å²) in [5, 5.41) is 12.3. The zero-order valence-electron chi connectivity index (χ0n) is 16.4. The minimum atomic E-state index is -1.03. The fraction of sp³-hybridized carbons (Fsp3) is 0.571. The number of rotatable bonds is 9. The van der Waals surface area contributed by atoms with E-state index < -0.39 is 18.1 Å². The van der Waals surface area contributed by atoms with Crippen molar-refractivity contribution in [2.24, 2.45) is 0 Å². The summed E-state index contributed by atoms with van der Waals surface area (Å²) in [4.78, 5) is 37.8. The fourth-order valence-corrected chi connectivity index (χ4v) is 3.47. The molecule has 2 rings (SSSR count). The van der Waals surface area contributed by atoms with Crippen molar-refractivity contribution in [1.82, 2.24) is 10.2 Å². The topological polar surface area (TPSA) is 95.9 Å². The van der Waals surface area contributed by atoms with Crippen LogP contribution in [0.1, 0.15) is 44.6 Å². The molecule has 1 aliphatic rings. The minimum Gasteiger partial charge on any atom is -0.480 e. The molecule has 1 aromatic carbocycles. The fourth-order valence-electron chi connectivity index (χ4n) is 3.47. The van der Waals surface area contributed by atoms with Gasteiger partial charge in [0.05, 0.1) is 12.6 Å². The Morgan fingerprint density at radius 3 is 2.68 bits per heavy atom. The summed E-state index contributed by atoms with van der Waals surface area (Å²) in [6.07, 6.45) is 4.34. The smallest absolute Gasteiger partial charge is 0.323 e. The van der Waals surface area contributed by atoms with Crippen molar-refractivity contribution in [1.29, 1.82) is 0 Å². The molecule has 7 heteroatoms. The number of carboxylic acid groups (broad SMARTS) is 1. The number of aliphatic carboxylic acids is 1. The predicted molar refractivity (Wildman–Crippen MR) is 105 cm³/mol. The number of hydrogen-bond acceptors (Lipinski definition) is 5. The first-order valence-electron chi connectivity index (χ1n) is 9.98. The van der Waals surface area contributed by atoms with Crippen LogP contribution in [0.5, 0.6) is 0 Å². The van der Waals surface area contributed by atoms with Crippen LogP contribution in [0.15, 0.2) is 30.3 Å². The number of ether oxygens (including phenoxy) is 1. The van der Waals surface area contributed by atoms with Crippen LogP contribution >= 0.6 is 0 Å². The molecule has 1 heterocycles. The maximum absolute atomic E-state index is 12.9. The summed E-state index contributed by atoms with van der Waals surface area (Å²) >= 11 is 0. The number of carboxylic acids is 1. The Morgan fingerprint density at radius 2 is 2.00 bits per heavy atom. The van der Waals surface area contributed by atoms with Crippen molar-refractivity contribution in [3.63, 3.8) is 0 Å². The first kappa shape index (κ1) is 21.9. The van der Waals surface area contributed by atoms with Gasteiger partial charge in [0.25, 0.3) is 0 Å². The molecule has 7 nitrogen and oxygen atoms in total. The van der Waals surface area contributed by atoms with Crippen molar-refractivity contribution < 1.29 is 24.2 Å². The van der Waals surface area contributed by atoms with Gasteiger partial charge in [0.1, 0.15) is 12.6 Å². The van der Waals surface area contributed by atoms with Crippen LogP contribution in [-0.2, 0) is 25.5 Å². The summed E-state index contributed by atoms with van der Waals surface area (Å²) in [6.45, 7) is 2.14. The summed E-state index contributed by atoms with van der Waals surface area (Å²) in [7, 11) is 0. The molecule has 1 saturated heterocycles. The quantitative estimate of drug-likeness (QED) is 0.626. The molecule has 2 atom stereocenters. The second kappa shape index (κ2) is 11.4. The lowest BCUT2D eigenvalue weighted by atomic mass is 10.00. The number of amides is 1. The molecule has 0 spiro atoms. The number of likely N-dealkylation sites (tertiary alicyclic amines) is 1. The molecule has 28 heavy (non-hydrogen) atoms. The molecule has 1 amide bonds. The maximum atomic E-state index is 12.9. The van der Waals surface area contributed by atoms with E-state index in [2.05, 4.69) is 5.32 Å². The van der Waals surface area contributed by atoms with Gasteiger partial charge in [0.2, 0.25) is 5.91 Å². The Kier molecular flexibility index (Phi) is 8.94. The number of nitrogens with one attached hydrogen (secondary N) is 1. The van der Waals surface area contributed by atoms with Crippen LogP contribution in [0.2, 0.25) is 0 Å². The van der Waals surface area contributed by atoms with Crippen LogP contribution in [0, 0.1) is 0 Å². The molecule has 0 bridgehead atoms. The molecule has 154 valence electrons. The normalized spacial score (nSPS) is 18.8. The van der Waals surface area contributed by atoms with Gasteiger partial charge in [-0.25, -0.2) is 0 Å². The van der Waals surface area contributed by atoms with Crippen LogP contribution in [-0.4, -0.2) is 59.6 Å². The number of hydrogen-bond donors (Lipinski definition) is 2. The second-order valence-corrected chi connectivity index (χ2v) is 7.05. The van der Waals surface area contributed by atoms with Gasteiger partial charge in [0, 0.05) is 6.54 Å². The lowest BCUT2D eigenvalue weighted by molar-refractivity contribution is -0.148. The van der Waals surface area contributed by atoms with Crippen molar-refractivity contribution in [2.75, 3.05) is 19.7 Å². The SMILES string of the molecule is CCOC(=O)C(CCc1ccccc1)N[C@H]1CCCCCN(CC(=O)O)C1=O. The summed E-state index contributed by atoms with van der Waals surface area (Å²) in [5.74, 6) is -1.66. The third kappa shape index (κ3) is 6.96. The van der Waals surface area contributed by atoms with E-state index in [9.17, 15) is 14.4 Å². The molecular weight excluding hydrogens is 360 g/mol. The van der Waals surface area contributed by atoms with Crippen LogP contribution in [0.25, 0.3) is 0 Å². The van der Waals surface area contributed by atoms with E-state index >= 15 is 0 Å². The van der Waals surface area contributed by atoms with E-state index in [1.54, 1.807) is 6.92 Å². The highest BCUT2D eigenvalue weighted by atomic mass is 16.5. The lowest BCUT2D eigenvalue weighted by Crippen LogP contribution is -2.54. The van der Waals surface area contributed by atoms with Crippen LogP contribution < -0.4 is 5.32 Å². The lowest BCUT2D eigenvalue weighted by Gasteiger charge is -2.31. The van der Waals surface area contributed by atoms with Gasteiger partial charge in [-0.05, 0) is 38.2 Å². The second-order valence-electron chi connectivity index (χ2n) is 7.05. The minimum absolute atomic E-state index is 0.254. The third-order valence-corrected chi connectivity index (χ3v) is 4.89. The number of nitrogens with zero attached hydrogens (tertiary/aromatic N) is 1. The summed E-state index contributed by atoms with van der Waals surface area (Å²) in [6, 6.07) is 8.64. The number of esters is 1. The van der Waals surface area contributed by atoms with Crippen molar-refractivity contribution >= 4 is 17.8 Å². The van der Waals surface area contributed by atoms with E-state index in [0.29, 0.717) is 25.8 Å². The van der Waals surface area contributed by atoms with E-state index in [-0.39, 0.29) is 25.0 Å². The van der Waals surface area contributed by atoms with E-state index in [1.165, 1.54) is 4.90 Å². The summed E-state index contributed by atoms with van der Waals surface area (Å²) in [5.41, 5.74) is 1.11. The molecule has 0 saturated carbocycles. The highest BCUT2D eigenvalue weighted by molar-refractivity contribution is 5.86. The van der Waals surface area contributed by atoms with Crippen LogP contribution in [0.3, 0.4) is 0 Å². The first-order valence-corrected chi connectivity index (χ1v) is 9.98. The standard InChI is InChI=1S/C21H30N2O5/c1-2-28-21(27)18(13-12-16-9-5-3-6-10-16)22-17-11-7-4-8-14-23(20(17)26)15-19(24)25/h3,5-6,9-10,17-18,22H,2,4,7-8,11-15H2,1H3,(H,24,25)/t17-,18?/m0/s1. The Labute approximate surface area is 166 Å². The van der Waals surface area contributed by atoms with Gasteiger partial charge < -0.3 is 14.7 Å². The Morgan fingerprint density at radius 1 is 1.25 bits per heavy atom. The third-order valence-electron chi connectivity index (χ3n) is 4.89. The van der Waals surface area contributed by atoms with E-state index in [1.807, 2.05) is 30.3 Å². The number of carbonyl (C=O) groups excluding carboxylic acids is 2. The summed E-state index contributed by atoms with van der Waals surface area (Å²) < 4.78 is 5.20. The number of aryl methyl sites for hydroxylation is 1. The van der Waals surface area contributed by atoms with Crippen LogP contribution in [0.4, 0.5) is 0 Å². The largest absolute Gasteiger partial charge is 0.480 e. The molecule has 2 N–H and O–H groups in total. The first-order chi connectivity index (χ1) is 13.5. The van der Waals surface area contributed by atoms with Gasteiger partial charge >= 0.3 is 11.9 Å². The monoisotopic (exact) mass is 390 g/mol. The van der Waals surface area contributed by atoms with E-state index in [4.69, 9.17) is 9.84 Å². The van der Waals surface area contributed by atoms with Gasteiger partial charge in [0.15, 0.2) is 0 Å². The predicted octanol–water partition coefficient (Wildman–Crippen LogP) is 2.00. The molecule has 0 aliphatic carbocycles. The molecule has 1 fully saturated rings. The van der Waals surface area contributed by atoms with Gasteiger partial charge in [-0.1, -0.05) is 43.2 Å². The number of benzene rings is 1. The van der Waals surface area contributed by atoms with Gasteiger partial charge in [-0.15, -0.1) is 0 Å². The average Bonchev–Trinajstić information content (AvgIpc) is 2.67. The Balaban J connectivity index is 2.08. The Hall–Kier alpha value is -2.41. The van der Waals surface area contributed by atoms with Crippen molar-refractivity contribution in [2.45, 2.75) is 57.5 Å². The highest BCUT2D eigenvalue weighted by Gasteiger charge is 2.31. The number of carbonyl (C=O) groups is 3. The van der Waals surface area contributed by atoms with Gasteiger partial charge in [-0.2, -0.15) is 0 Å². The average molecular weight is 390 g/mol. The molecule has 0 radical (unpaired) electrons. The zero-order chi connectivity index (χ0) is 20.4. The van der Waals surface area contributed by atoms with Gasteiger partial charge in [-0.3, -0.25) is 19.7 Å². The molecule has 1 aromatic rings. The zero-order valence-corrected chi connectivity index (χ0v) is 16.4. The van der Waals surface area contributed by atoms with Crippen molar-refractivity contribution in [3.05, 3.63) is 35.9 Å². The molecular formula is C21H30N2O5. The van der Waals surface area contributed by atoms with E-state index in [0.717, 1.165) is 24.8 Å².